The monoisotopic (exact) mass is 214 g/mol. The van der Waals surface area contributed by atoms with Crippen LogP contribution < -0.4 is 5.32 Å². The summed E-state index contributed by atoms with van der Waals surface area (Å²) < 4.78 is 4.59. The second-order valence-electron chi connectivity index (χ2n) is 2.89. The lowest BCUT2D eigenvalue weighted by molar-refractivity contribution is -0.141. The molecule has 1 heterocycles. The molecule has 0 radical (unpaired) electrons. The summed E-state index contributed by atoms with van der Waals surface area (Å²) >= 11 is 1.50. The highest BCUT2D eigenvalue weighted by molar-refractivity contribution is 7.13. The molecular weight excluding hydrogens is 200 g/mol. The maximum absolute atomic E-state index is 11.1. The lowest BCUT2D eigenvalue weighted by atomic mass is 10.3. The molecule has 0 aliphatic heterocycles. The number of rotatable bonds is 4. The molecule has 0 saturated heterocycles. The third-order valence-corrected chi connectivity index (χ3v) is 2.63. The smallest absolute Gasteiger partial charge is 0.328 e. The first-order valence-corrected chi connectivity index (χ1v) is 5.34. The van der Waals surface area contributed by atoms with E-state index in [4.69, 9.17) is 0 Å². The Balaban J connectivity index is 2.55. The van der Waals surface area contributed by atoms with Crippen LogP contribution in [0, 0.1) is 0 Å². The van der Waals surface area contributed by atoms with E-state index in [0.717, 1.165) is 17.2 Å². The molecule has 1 aromatic rings. The van der Waals surface area contributed by atoms with Gasteiger partial charge in [-0.1, -0.05) is 6.92 Å². The number of nitrogens with one attached hydrogen (secondary N) is 1. The van der Waals surface area contributed by atoms with Gasteiger partial charge in [-0.2, -0.15) is 0 Å². The van der Waals surface area contributed by atoms with Crippen LogP contribution in [0.1, 0.15) is 19.5 Å². The first-order chi connectivity index (χ1) is 6.67. The first-order valence-electron chi connectivity index (χ1n) is 4.46. The van der Waals surface area contributed by atoms with Gasteiger partial charge < -0.3 is 10.1 Å². The van der Waals surface area contributed by atoms with Crippen LogP contribution in [0.5, 0.6) is 0 Å². The molecule has 1 aromatic heterocycles. The zero-order valence-corrected chi connectivity index (χ0v) is 9.35. The van der Waals surface area contributed by atoms with Crippen LogP contribution in [-0.2, 0) is 16.0 Å². The highest BCUT2D eigenvalue weighted by atomic mass is 32.1. The summed E-state index contributed by atoms with van der Waals surface area (Å²) in [6, 6.07) is -0.351. The number of ether oxygens (including phenoxy) is 1. The Morgan fingerprint density at radius 1 is 1.79 bits per heavy atom. The van der Waals surface area contributed by atoms with Gasteiger partial charge in [-0.05, 0) is 13.3 Å². The standard InChI is InChI=1S/C9H14N2O2S/c1-4-7-5-14-9(11-7)10-6(2)8(12)13-3/h5-6H,4H2,1-3H3,(H,10,11). The van der Waals surface area contributed by atoms with Crippen LogP contribution in [-0.4, -0.2) is 24.1 Å². The fourth-order valence-electron chi connectivity index (χ4n) is 0.957. The SMILES string of the molecule is CCc1csc(NC(C)C(=O)OC)n1. The predicted molar refractivity (Wildman–Crippen MR) is 56.6 cm³/mol. The summed E-state index contributed by atoms with van der Waals surface area (Å²) in [5.74, 6) is -0.279. The Labute approximate surface area is 87.3 Å². The molecule has 0 aliphatic carbocycles. The van der Waals surface area contributed by atoms with Crippen LogP contribution in [0.25, 0.3) is 0 Å². The lowest BCUT2D eigenvalue weighted by Crippen LogP contribution is -2.27. The van der Waals surface area contributed by atoms with Gasteiger partial charge in [0.05, 0.1) is 12.8 Å². The number of carbonyl (C=O) groups excluding carboxylic acids is 1. The number of thiazole rings is 1. The molecule has 14 heavy (non-hydrogen) atoms. The average Bonchev–Trinajstić information content (AvgIpc) is 2.64. The molecule has 1 rings (SSSR count). The molecule has 4 nitrogen and oxygen atoms in total. The summed E-state index contributed by atoms with van der Waals surface area (Å²) in [5, 5.41) is 5.72. The molecule has 0 saturated carbocycles. The van der Waals surface area contributed by atoms with E-state index in [1.807, 2.05) is 12.3 Å². The number of nitrogens with zero attached hydrogens (tertiary/aromatic N) is 1. The average molecular weight is 214 g/mol. The molecular formula is C9H14N2O2S. The van der Waals surface area contributed by atoms with Gasteiger partial charge in [-0.3, -0.25) is 0 Å². The second-order valence-corrected chi connectivity index (χ2v) is 3.74. The van der Waals surface area contributed by atoms with Gasteiger partial charge in [0.1, 0.15) is 6.04 Å². The Bertz CT molecular complexity index is 312. The van der Waals surface area contributed by atoms with E-state index in [9.17, 15) is 4.79 Å². The lowest BCUT2D eigenvalue weighted by Gasteiger charge is -2.09. The summed E-state index contributed by atoms with van der Waals surface area (Å²) in [6.07, 6.45) is 0.908. The van der Waals surface area contributed by atoms with Gasteiger partial charge in [0, 0.05) is 5.38 Å². The molecule has 0 aliphatic rings. The van der Waals surface area contributed by atoms with E-state index in [1.165, 1.54) is 18.4 Å². The number of aromatic nitrogens is 1. The molecule has 1 atom stereocenters. The van der Waals surface area contributed by atoms with E-state index in [0.29, 0.717) is 0 Å². The van der Waals surface area contributed by atoms with Crippen LogP contribution in [0.3, 0.4) is 0 Å². The Morgan fingerprint density at radius 2 is 2.50 bits per heavy atom. The minimum Gasteiger partial charge on any atom is -0.467 e. The number of aryl methyl sites for hydroxylation is 1. The Morgan fingerprint density at radius 3 is 3.00 bits per heavy atom. The minimum absolute atomic E-state index is 0.279. The van der Waals surface area contributed by atoms with E-state index < -0.39 is 0 Å². The summed E-state index contributed by atoms with van der Waals surface area (Å²) in [6.45, 7) is 3.79. The Hall–Kier alpha value is -1.10. The van der Waals surface area contributed by atoms with Crippen molar-refractivity contribution in [2.45, 2.75) is 26.3 Å². The van der Waals surface area contributed by atoms with Crippen molar-refractivity contribution in [3.8, 4) is 0 Å². The zero-order valence-electron chi connectivity index (χ0n) is 8.53. The van der Waals surface area contributed by atoms with Crippen LogP contribution in [0.4, 0.5) is 5.13 Å². The van der Waals surface area contributed by atoms with Gasteiger partial charge in [0.15, 0.2) is 5.13 Å². The number of esters is 1. The fraction of sp³-hybridized carbons (Fsp3) is 0.556. The summed E-state index contributed by atoms with van der Waals surface area (Å²) in [4.78, 5) is 15.4. The molecule has 0 aromatic carbocycles. The van der Waals surface area contributed by atoms with Gasteiger partial charge >= 0.3 is 5.97 Å². The maximum Gasteiger partial charge on any atom is 0.328 e. The van der Waals surface area contributed by atoms with Crippen molar-refractivity contribution in [3.63, 3.8) is 0 Å². The number of hydrogen-bond acceptors (Lipinski definition) is 5. The largest absolute Gasteiger partial charge is 0.467 e. The molecule has 1 N–H and O–H groups in total. The van der Waals surface area contributed by atoms with Crippen molar-refractivity contribution >= 4 is 22.4 Å². The molecule has 1 unspecified atom stereocenters. The maximum atomic E-state index is 11.1. The van der Waals surface area contributed by atoms with E-state index in [2.05, 4.69) is 15.0 Å². The van der Waals surface area contributed by atoms with E-state index >= 15 is 0 Å². The molecule has 5 heteroatoms. The second kappa shape index (κ2) is 4.95. The molecule has 0 spiro atoms. The molecule has 0 amide bonds. The predicted octanol–water partition coefficient (Wildman–Crippen LogP) is 1.68. The van der Waals surface area contributed by atoms with Gasteiger partial charge in [0.2, 0.25) is 0 Å². The first kappa shape index (κ1) is 11.0. The van der Waals surface area contributed by atoms with E-state index in [-0.39, 0.29) is 12.0 Å². The number of anilines is 1. The summed E-state index contributed by atoms with van der Waals surface area (Å²) in [5.41, 5.74) is 1.04. The van der Waals surface area contributed by atoms with Crippen molar-refractivity contribution < 1.29 is 9.53 Å². The van der Waals surface area contributed by atoms with Gasteiger partial charge in [-0.25, -0.2) is 9.78 Å². The third-order valence-electron chi connectivity index (χ3n) is 1.81. The van der Waals surface area contributed by atoms with Crippen molar-refractivity contribution in [1.29, 1.82) is 0 Å². The number of hydrogen-bond donors (Lipinski definition) is 1. The van der Waals surface area contributed by atoms with Crippen LogP contribution >= 0.6 is 11.3 Å². The number of carbonyl (C=O) groups is 1. The minimum atomic E-state index is -0.351. The normalized spacial score (nSPS) is 12.2. The number of methoxy groups -OCH3 is 1. The molecule has 0 bridgehead atoms. The van der Waals surface area contributed by atoms with Crippen LogP contribution in [0.2, 0.25) is 0 Å². The summed E-state index contributed by atoms with van der Waals surface area (Å²) in [7, 11) is 1.37. The topological polar surface area (TPSA) is 51.2 Å². The van der Waals surface area contributed by atoms with Crippen molar-refractivity contribution in [2.24, 2.45) is 0 Å². The van der Waals surface area contributed by atoms with Crippen LogP contribution in [0.15, 0.2) is 5.38 Å². The zero-order chi connectivity index (χ0) is 10.6. The fourth-order valence-corrected chi connectivity index (χ4v) is 1.84. The molecule has 0 fully saturated rings. The highest BCUT2D eigenvalue weighted by Crippen LogP contribution is 2.16. The van der Waals surface area contributed by atoms with Gasteiger partial charge in [-0.15, -0.1) is 11.3 Å². The third kappa shape index (κ3) is 2.70. The van der Waals surface area contributed by atoms with Crippen molar-refractivity contribution in [1.82, 2.24) is 4.98 Å². The van der Waals surface area contributed by atoms with Gasteiger partial charge in [0.25, 0.3) is 0 Å². The Kier molecular flexibility index (Phi) is 3.88. The van der Waals surface area contributed by atoms with Crippen molar-refractivity contribution in [2.75, 3.05) is 12.4 Å². The molecule has 78 valence electrons. The van der Waals surface area contributed by atoms with E-state index in [1.54, 1.807) is 6.92 Å². The van der Waals surface area contributed by atoms with Crippen molar-refractivity contribution in [3.05, 3.63) is 11.1 Å². The highest BCUT2D eigenvalue weighted by Gasteiger charge is 2.13. The quantitative estimate of drug-likeness (QED) is 0.775.